The van der Waals surface area contributed by atoms with Gasteiger partial charge in [0.1, 0.15) is 0 Å². The summed E-state index contributed by atoms with van der Waals surface area (Å²) < 4.78 is 2.02. The number of nitrogens with one attached hydrogen (secondary N) is 2. The van der Waals surface area contributed by atoms with Gasteiger partial charge in [-0.05, 0) is 45.3 Å². The highest BCUT2D eigenvalue weighted by atomic mass is 16.1. The molecule has 0 bridgehead atoms. The van der Waals surface area contributed by atoms with Gasteiger partial charge >= 0.3 is 0 Å². The van der Waals surface area contributed by atoms with E-state index in [-0.39, 0.29) is 18.1 Å². The molecule has 0 spiro atoms. The van der Waals surface area contributed by atoms with Gasteiger partial charge in [0.2, 0.25) is 5.95 Å². The van der Waals surface area contributed by atoms with Crippen LogP contribution in [0.1, 0.15) is 48.1 Å². The number of piperidine rings is 1. The third-order valence-corrected chi connectivity index (χ3v) is 5.70. The molecule has 0 radical (unpaired) electrons. The number of benzene rings is 1. The van der Waals surface area contributed by atoms with Gasteiger partial charge in [-0.25, -0.2) is 9.97 Å². The van der Waals surface area contributed by atoms with E-state index >= 15 is 0 Å². The lowest BCUT2D eigenvalue weighted by molar-refractivity contribution is 0.0973. The fourth-order valence-corrected chi connectivity index (χ4v) is 3.85. The van der Waals surface area contributed by atoms with Gasteiger partial charge in [-0.2, -0.15) is 10.4 Å². The van der Waals surface area contributed by atoms with Crippen LogP contribution in [0.3, 0.4) is 0 Å². The summed E-state index contributed by atoms with van der Waals surface area (Å²) in [7, 11) is 0. The van der Waals surface area contributed by atoms with Crippen molar-refractivity contribution in [2.24, 2.45) is 5.92 Å². The molecule has 4 rings (SSSR count). The first-order chi connectivity index (χ1) is 15.5. The van der Waals surface area contributed by atoms with Crippen LogP contribution in [-0.4, -0.2) is 38.6 Å². The molecule has 3 aromatic rings. The van der Waals surface area contributed by atoms with Crippen molar-refractivity contribution in [3.63, 3.8) is 0 Å². The van der Waals surface area contributed by atoms with Crippen molar-refractivity contribution in [1.82, 2.24) is 25.1 Å². The molecule has 0 saturated carbocycles. The third kappa shape index (κ3) is 5.01. The predicted molar refractivity (Wildman–Crippen MR) is 123 cm³/mol. The molecule has 1 aliphatic heterocycles. The molecule has 32 heavy (non-hydrogen) atoms. The maximum Gasteiger partial charge on any atom is 0.227 e. The Labute approximate surface area is 187 Å². The van der Waals surface area contributed by atoms with Crippen molar-refractivity contribution in [1.29, 1.82) is 5.26 Å². The molecule has 2 aromatic heterocycles. The average Bonchev–Trinajstić information content (AvgIpc) is 3.29. The van der Waals surface area contributed by atoms with Gasteiger partial charge in [-0.1, -0.05) is 24.3 Å². The van der Waals surface area contributed by atoms with E-state index in [2.05, 4.69) is 26.8 Å². The molecule has 8 heteroatoms. The van der Waals surface area contributed by atoms with E-state index in [1.54, 1.807) is 31.5 Å². The van der Waals surface area contributed by atoms with Crippen molar-refractivity contribution in [3.8, 4) is 17.3 Å². The van der Waals surface area contributed by atoms with Gasteiger partial charge in [0.25, 0.3) is 0 Å². The third-order valence-electron chi connectivity index (χ3n) is 5.70. The van der Waals surface area contributed by atoms with Gasteiger partial charge in [0, 0.05) is 29.9 Å². The average molecular weight is 430 g/mol. The summed E-state index contributed by atoms with van der Waals surface area (Å²) in [5.74, 6) is 0.177. The Morgan fingerprint density at radius 1 is 1.28 bits per heavy atom. The van der Waals surface area contributed by atoms with Crippen LogP contribution in [0.5, 0.6) is 0 Å². The van der Waals surface area contributed by atoms with Gasteiger partial charge in [-0.15, -0.1) is 0 Å². The fourth-order valence-electron chi connectivity index (χ4n) is 3.85. The van der Waals surface area contributed by atoms with Crippen LogP contribution in [-0.2, 0) is 0 Å². The van der Waals surface area contributed by atoms with E-state index in [1.165, 1.54) is 0 Å². The summed E-state index contributed by atoms with van der Waals surface area (Å²) in [4.78, 5) is 21.4. The number of ketones is 1. The molecule has 2 N–H and O–H groups in total. The van der Waals surface area contributed by atoms with E-state index < -0.39 is 0 Å². The van der Waals surface area contributed by atoms with Crippen molar-refractivity contribution in [3.05, 3.63) is 54.0 Å². The number of nitriles is 1. The molecule has 0 amide bonds. The molecule has 1 saturated heterocycles. The highest BCUT2D eigenvalue weighted by molar-refractivity contribution is 5.96. The van der Waals surface area contributed by atoms with Gasteiger partial charge < -0.3 is 10.6 Å². The maximum atomic E-state index is 12.3. The number of Topliss-reactive ketones (excluding diaryl/α,β-unsaturated/α-hetero) is 1. The zero-order valence-electron chi connectivity index (χ0n) is 18.4. The molecule has 8 nitrogen and oxygen atoms in total. The molecule has 1 aliphatic rings. The van der Waals surface area contributed by atoms with Crippen LogP contribution in [0.2, 0.25) is 0 Å². The number of carbonyl (C=O) groups is 1. The fraction of sp³-hybridized carbons (Fsp3) is 0.375. The van der Waals surface area contributed by atoms with E-state index in [4.69, 9.17) is 10.2 Å². The van der Waals surface area contributed by atoms with Crippen LogP contribution >= 0.6 is 0 Å². The quantitative estimate of drug-likeness (QED) is 0.545. The van der Waals surface area contributed by atoms with Gasteiger partial charge in [0.05, 0.1) is 35.6 Å². The second-order valence-electron chi connectivity index (χ2n) is 8.28. The summed E-state index contributed by atoms with van der Waals surface area (Å²) in [6, 6.07) is 9.88. The van der Waals surface area contributed by atoms with Crippen molar-refractivity contribution >= 4 is 17.4 Å². The Morgan fingerprint density at radius 3 is 2.75 bits per heavy atom. The SMILES string of the molecule is Cc1cnc(Nc2cnn(C3CCNCC3)c2)nc1-c1ccc(C(=O)C[C@@H](C)C#N)cc1. The monoisotopic (exact) mass is 429 g/mol. The second kappa shape index (κ2) is 9.71. The number of anilines is 2. The van der Waals surface area contributed by atoms with Gasteiger partial charge in [-0.3, -0.25) is 9.48 Å². The summed E-state index contributed by atoms with van der Waals surface area (Å²) in [6.45, 7) is 5.74. The first-order valence-electron chi connectivity index (χ1n) is 10.9. The lowest BCUT2D eigenvalue weighted by Crippen LogP contribution is -2.29. The summed E-state index contributed by atoms with van der Waals surface area (Å²) in [6.07, 6.45) is 7.95. The van der Waals surface area contributed by atoms with Crippen molar-refractivity contribution in [2.45, 2.75) is 39.2 Å². The molecule has 1 atom stereocenters. The topological polar surface area (TPSA) is 109 Å². The van der Waals surface area contributed by atoms with E-state index in [1.807, 2.05) is 29.9 Å². The number of rotatable bonds is 7. The number of aromatic nitrogens is 4. The number of nitrogens with zero attached hydrogens (tertiary/aromatic N) is 5. The zero-order chi connectivity index (χ0) is 22.5. The Hall–Kier alpha value is -3.57. The first-order valence-corrected chi connectivity index (χ1v) is 10.9. The molecule has 1 fully saturated rings. The molecule has 0 aliphatic carbocycles. The Kier molecular flexibility index (Phi) is 6.57. The highest BCUT2D eigenvalue weighted by Crippen LogP contribution is 2.25. The van der Waals surface area contributed by atoms with E-state index in [0.29, 0.717) is 17.6 Å². The maximum absolute atomic E-state index is 12.3. The smallest absolute Gasteiger partial charge is 0.227 e. The van der Waals surface area contributed by atoms with Crippen molar-refractivity contribution < 1.29 is 4.79 Å². The zero-order valence-corrected chi connectivity index (χ0v) is 18.4. The molecule has 164 valence electrons. The Balaban J connectivity index is 1.49. The highest BCUT2D eigenvalue weighted by Gasteiger charge is 2.16. The summed E-state index contributed by atoms with van der Waals surface area (Å²) >= 11 is 0. The van der Waals surface area contributed by atoms with Crippen LogP contribution in [0.25, 0.3) is 11.3 Å². The number of hydrogen-bond donors (Lipinski definition) is 2. The Morgan fingerprint density at radius 2 is 2.03 bits per heavy atom. The summed E-state index contributed by atoms with van der Waals surface area (Å²) in [5.41, 5.74) is 4.11. The minimum Gasteiger partial charge on any atom is -0.321 e. The largest absolute Gasteiger partial charge is 0.321 e. The molecular formula is C24H27N7O. The molecule has 0 unspecified atom stereocenters. The van der Waals surface area contributed by atoms with Crippen LogP contribution in [0.4, 0.5) is 11.6 Å². The van der Waals surface area contributed by atoms with Crippen LogP contribution in [0, 0.1) is 24.2 Å². The van der Waals surface area contributed by atoms with E-state index in [9.17, 15) is 4.79 Å². The first kappa shape index (κ1) is 21.7. The number of hydrogen-bond acceptors (Lipinski definition) is 7. The number of carbonyl (C=O) groups excluding carboxylic acids is 1. The molecule has 1 aromatic carbocycles. The van der Waals surface area contributed by atoms with Crippen LogP contribution < -0.4 is 10.6 Å². The predicted octanol–water partition coefficient (Wildman–Crippen LogP) is 4.05. The van der Waals surface area contributed by atoms with Crippen molar-refractivity contribution in [2.75, 3.05) is 18.4 Å². The molecular weight excluding hydrogens is 402 g/mol. The normalized spacial score (nSPS) is 15.2. The van der Waals surface area contributed by atoms with Gasteiger partial charge in [0.15, 0.2) is 5.78 Å². The minimum absolute atomic E-state index is 0.0295. The van der Waals surface area contributed by atoms with E-state index in [0.717, 1.165) is 48.4 Å². The molecule has 3 heterocycles. The Bertz CT molecular complexity index is 1120. The number of aryl methyl sites for hydroxylation is 1. The van der Waals surface area contributed by atoms with Crippen LogP contribution in [0.15, 0.2) is 42.9 Å². The minimum atomic E-state index is -0.293. The standard InChI is InChI=1S/C24H27N7O/c1-16(12-25)11-22(32)18-3-5-19(6-4-18)23-17(2)13-27-24(30-23)29-20-14-28-31(15-20)21-7-9-26-10-8-21/h3-6,13-16,21,26H,7-11H2,1-2H3,(H,27,29,30)/t16-/m1/s1. The second-order valence-corrected chi connectivity index (χ2v) is 8.28. The summed E-state index contributed by atoms with van der Waals surface area (Å²) in [5, 5.41) is 20.1. The lowest BCUT2D eigenvalue weighted by Gasteiger charge is -2.22. The lowest BCUT2D eigenvalue weighted by atomic mass is 9.99.